The number of phenols is 2. The lowest BCUT2D eigenvalue weighted by molar-refractivity contribution is 0.287. The van der Waals surface area contributed by atoms with Crippen molar-refractivity contribution in [2.45, 2.75) is 20.3 Å². The van der Waals surface area contributed by atoms with Gasteiger partial charge < -0.3 is 14.9 Å². The molecule has 0 aliphatic heterocycles. The van der Waals surface area contributed by atoms with Crippen molar-refractivity contribution in [3.05, 3.63) is 18.2 Å². The van der Waals surface area contributed by atoms with Crippen LogP contribution in [0, 0.1) is 5.92 Å². The zero-order valence-electron chi connectivity index (χ0n) is 8.53. The van der Waals surface area contributed by atoms with Crippen LogP contribution in [0.5, 0.6) is 17.2 Å². The first kappa shape index (κ1) is 10.7. The quantitative estimate of drug-likeness (QED) is 0.727. The van der Waals surface area contributed by atoms with Gasteiger partial charge in [0.15, 0.2) is 11.5 Å². The van der Waals surface area contributed by atoms with Crippen LogP contribution in [0.15, 0.2) is 18.2 Å². The first-order valence-electron chi connectivity index (χ1n) is 4.74. The minimum absolute atomic E-state index is 0.124. The molecule has 1 rings (SSSR count). The van der Waals surface area contributed by atoms with Crippen molar-refractivity contribution in [2.24, 2.45) is 5.92 Å². The third kappa shape index (κ3) is 3.17. The molecule has 0 fully saturated rings. The zero-order chi connectivity index (χ0) is 10.6. The predicted molar refractivity (Wildman–Crippen MR) is 54.7 cm³/mol. The molecule has 3 heteroatoms. The Morgan fingerprint density at radius 3 is 2.50 bits per heavy atom. The lowest BCUT2D eigenvalue weighted by atomic mass is 10.1. The fraction of sp³-hybridized carbons (Fsp3) is 0.455. The van der Waals surface area contributed by atoms with Crippen LogP contribution in [-0.4, -0.2) is 16.8 Å². The summed E-state index contributed by atoms with van der Waals surface area (Å²) in [6.45, 7) is 4.87. The number of hydrogen-bond donors (Lipinski definition) is 2. The van der Waals surface area contributed by atoms with Crippen LogP contribution in [0.1, 0.15) is 20.3 Å². The normalized spacial score (nSPS) is 10.5. The number of phenolic OH excluding ortho intramolecular Hbond substituents is 2. The van der Waals surface area contributed by atoms with Crippen LogP contribution in [0.2, 0.25) is 0 Å². The van der Waals surface area contributed by atoms with Crippen molar-refractivity contribution >= 4 is 0 Å². The summed E-state index contributed by atoms with van der Waals surface area (Å²) in [4.78, 5) is 0. The Bertz CT molecular complexity index is 295. The fourth-order valence-electron chi connectivity index (χ4n) is 1.01. The van der Waals surface area contributed by atoms with Crippen LogP contribution < -0.4 is 4.74 Å². The van der Waals surface area contributed by atoms with E-state index in [0.29, 0.717) is 18.3 Å². The van der Waals surface area contributed by atoms with Gasteiger partial charge in [-0.15, -0.1) is 0 Å². The van der Waals surface area contributed by atoms with Gasteiger partial charge in [-0.1, -0.05) is 13.8 Å². The SMILES string of the molecule is CC(C)CCOc1ccc(O)c(O)c1. The molecule has 3 nitrogen and oxygen atoms in total. The van der Waals surface area contributed by atoms with Crippen molar-refractivity contribution in [1.82, 2.24) is 0 Å². The third-order valence-corrected chi connectivity index (χ3v) is 1.91. The predicted octanol–water partition coefficient (Wildman–Crippen LogP) is 2.52. The maximum Gasteiger partial charge on any atom is 0.161 e. The number of hydrogen-bond acceptors (Lipinski definition) is 3. The lowest BCUT2D eigenvalue weighted by Gasteiger charge is -2.08. The zero-order valence-corrected chi connectivity index (χ0v) is 8.53. The second kappa shape index (κ2) is 4.74. The van der Waals surface area contributed by atoms with Gasteiger partial charge in [-0.05, 0) is 24.5 Å². The summed E-state index contributed by atoms with van der Waals surface area (Å²) in [5, 5.41) is 18.2. The van der Waals surface area contributed by atoms with Crippen molar-refractivity contribution in [2.75, 3.05) is 6.61 Å². The molecule has 0 spiro atoms. The highest BCUT2D eigenvalue weighted by atomic mass is 16.5. The number of ether oxygens (including phenoxy) is 1. The number of benzene rings is 1. The molecule has 0 saturated heterocycles. The van der Waals surface area contributed by atoms with E-state index in [1.165, 1.54) is 12.1 Å². The summed E-state index contributed by atoms with van der Waals surface area (Å²) in [5.74, 6) is 0.912. The monoisotopic (exact) mass is 196 g/mol. The van der Waals surface area contributed by atoms with E-state index in [0.717, 1.165) is 6.42 Å². The molecule has 0 amide bonds. The fourth-order valence-corrected chi connectivity index (χ4v) is 1.01. The Hall–Kier alpha value is -1.38. The van der Waals surface area contributed by atoms with Gasteiger partial charge in [0, 0.05) is 6.07 Å². The van der Waals surface area contributed by atoms with Gasteiger partial charge in [0.05, 0.1) is 6.61 Å². The molecule has 2 N–H and O–H groups in total. The molecule has 0 atom stereocenters. The van der Waals surface area contributed by atoms with Gasteiger partial charge in [-0.3, -0.25) is 0 Å². The molecule has 1 aromatic rings. The van der Waals surface area contributed by atoms with Crippen LogP contribution in [0.3, 0.4) is 0 Å². The minimum atomic E-state index is -0.146. The standard InChI is InChI=1S/C11H16O3/c1-8(2)5-6-14-9-3-4-10(12)11(13)7-9/h3-4,7-8,12-13H,5-6H2,1-2H3. The topological polar surface area (TPSA) is 49.7 Å². The average molecular weight is 196 g/mol. The van der Waals surface area contributed by atoms with Crippen molar-refractivity contribution in [3.63, 3.8) is 0 Å². The van der Waals surface area contributed by atoms with Crippen LogP contribution in [0.25, 0.3) is 0 Å². The van der Waals surface area contributed by atoms with Crippen LogP contribution >= 0.6 is 0 Å². The summed E-state index contributed by atoms with van der Waals surface area (Å²) in [5.41, 5.74) is 0. The summed E-state index contributed by atoms with van der Waals surface area (Å²) in [6.07, 6.45) is 0.974. The van der Waals surface area contributed by atoms with E-state index in [-0.39, 0.29) is 11.5 Å². The van der Waals surface area contributed by atoms with E-state index < -0.39 is 0 Å². The summed E-state index contributed by atoms with van der Waals surface area (Å²) in [6, 6.07) is 4.46. The van der Waals surface area contributed by atoms with Gasteiger partial charge in [0.2, 0.25) is 0 Å². The van der Waals surface area contributed by atoms with E-state index in [2.05, 4.69) is 13.8 Å². The summed E-state index contributed by atoms with van der Waals surface area (Å²) in [7, 11) is 0. The maximum absolute atomic E-state index is 9.18. The Labute approximate surface area is 84.0 Å². The molecular weight excluding hydrogens is 180 g/mol. The average Bonchev–Trinajstić information content (AvgIpc) is 2.10. The first-order chi connectivity index (χ1) is 6.59. The summed E-state index contributed by atoms with van der Waals surface area (Å²) >= 11 is 0. The molecule has 0 saturated carbocycles. The van der Waals surface area contributed by atoms with E-state index in [9.17, 15) is 5.11 Å². The highest BCUT2D eigenvalue weighted by Gasteiger charge is 2.01. The Balaban J connectivity index is 2.47. The van der Waals surface area contributed by atoms with Crippen LogP contribution in [0.4, 0.5) is 0 Å². The highest BCUT2D eigenvalue weighted by molar-refractivity contribution is 5.43. The van der Waals surface area contributed by atoms with Crippen LogP contribution in [-0.2, 0) is 0 Å². The molecule has 0 unspecified atom stereocenters. The molecule has 0 aromatic heterocycles. The Morgan fingerprint density at radius 1 is 1.21 bits per heavy atom. The molecular formula is C11H16O3. The molecule has 0 aliphatic carbocycles. The second-order valence-corrected chi connectivity index (χ2v) is 3.68. The van der Waals surface area contributed by atoms with Gasteiger partial charge in [0.1, 0.15) is 5.75 Å². The third-order valence-electron chi connectivity index (χ3n) is 1.91. The highest BCUT2D eigenvalue weighted by Crippen LogP contribution is 2.28. The molecule has 0 radical (unpaired) electrons. The van der Waals surface area contributed by atoms with Gasteiger partial charge in [-0.25, -0.2) is 0 Å². The second-order valence-electron chi connectivity index (χ2n) is 3.68. The van der Waals surface area contributed by atoms with E-state index in [1.807, 2.05) is 0 Å². The van der Waals surface area contributed by atoms with Crippen molar-refractivity contribution < 1.29 is 14.9 Å². The number of rotatable bonds is 4. The summed E-state index contributed by atoms with van der Waals surface area (Å²) < 4.78 is 5.38. The number of aromatic hydroxyl groups is 2. The largest absolute Gasteiger partial charge is 0.504 e. The first-order valence-corrected chi connectivity index (χ1v) is 4.74. The van der Waals surface area contributed by atoms with Crippen molar-refractivity contribution in [1.29, 1.82) is 0 Å². The lowest BCUT2D eigenvalue weighted by Crippen LogP contribution is -2.00. The van der Waals surface area contributed by atoms with Crippen molar-refractivity contribution in [3.8, 4) is 17.2 Å². The molecule has 1 aromatic carbocycles. The van der Waals surface area contributed by atoms with Gasteiger partial charge >= 0.3 is 0 Å². The Morgan fingerprint density at radius 2 is 1.93 bits per heavy atom. The molecule has 0 aliphatic rings. The maximum atomic E-state index is 9.18. The molecule has 0 heterocycles. The smallest absolute Gasteiger partial charge is 0.161 e. The van der Waals surface area contributed by atoms with Gasteiger partial charge in [-0.2, -0.15) is 0 Å². The molecule has 78 valence electrons. The van der Waals surface area contributed by atoms with Gasteiger partial charge in [0.25, 0.3) is 0 Å². The molecule has 14 heavy (non-hydrogen) atoms. The van der Waals surface area contributed by atoms with E-state index in [1.54, 1.807) is 6.07 Å². The Kier molecular flexibility index (Phi) is 3.63. The van der Waals surface area contributed by atoms with E-state index >= 15 is 0 Å². The van der Waals surface area contributed by atoms with E-state index in [4.69, 9.17) is 9.84 Å². The minimum Gasteiger partial charge on any atom is -0.504 e. The molecule has 0 bridgehead atoms.